The number of hydrogen-bond donors (Lipinski definition) is 8. The maximum absolute atomic E-state index is 13.5. The minimum Gasteiger partial charge on any atom is -0.508 e. The normalized spacial score (nSPS) is 13.1. The lowest BCUT2D eigenvalue weighted by Crippen LogP contribution is -2.57. The zero-order chi connectivity index (χ0) is 29.2. The largest absolute Gasteiger partial charge is 0.508 e. The van der Waals surface area contributed by atoms with Gasteiger partial charge in [0.1, 0.15) is 23.9 Å². The number of nitrogens with one attached hydrogen (secondary N) is 4. The van der Waals surface area contributed by atoms with E-state index in [9.17, 15) is 34.2 Å². The number of amides is 4. The van der Waals surface area contributed by atoms with Crippen LogP contribution in [-0.4, -0.2) is 69.5 Å². The quantitative estimate of drug-likeness (QED) is 0.129. The van der Waals surface area contributed by atoms with Crippen molar-refractivity contribution in [2.45, 2.75) is 43.8 Å². The van der Waals surface area contributed by atoms with Crippen LogP contribution in [0.2, 0.25) is 0 Å². The van der Waals surface area contributed by atoms with Crippen LogP contribution in [0.1, 0.15) is 24.0 Å². The highest BCUT2D eigenvalue weighted by Crippen LogP contribution is 2.19. The molecule has 0 aliphatic rings. The summed E-state index contributed by atoms with van der Waals surface area (Å²) in [5.41, 5.74) is 12.7. The Morgan fingerprint density at radius 3 is 2.10 bits per heavy atom. The van der Waals surface area contributed by atoms with Crippen molar-refractivity contribution in [2.24, 2.45) is 11.5 Å². The van der Waals surface area contributed by atoms with Gasteiger partial charge in [0.2, 0.25) is 23.6 Å². The molecule has 1 heterocycles. The Morgan fingerprint density at radius 2 is 1.48 bits per heavy atom. The van der Waals surface area contributed by atoms with Crippen molar-refractivity contribution in [3.05, 3.63) is 65.9 Å². The number of aromatic amines is 1. The summed E-state index contributed by atoms with van der Waals surface area (Å²) in [5, 5.41) is 27.5. The van der Waals surface area contributed by atoms with Gasteiger partial charge in [0.05, 0.1) is 6.54 Å². The van der Waals surface area contributed by atoms with E-state index >= 15 is 0 Å². The first-order chi connectivity index (χ1) is 19.1. The Labute approximate surface area is 229 Å². The predicted octanol–water partition coefficient (Wildman–Crippen LogP) is -0.578. The minimum absolute atomic E-state index is 0.00512. The number of carboxylic acids is 1. The molecule has 0 spiro atoms. The summed E-state index contributed by atoms with van der Waals surface area (Å²) in [6.07, 6.45) is 1.21. The van der Waals surface area contributed by atoms with Crippen molar-refractivity contribution in [1.29, 1.82) is 0 Å². The molecular formula is C27H32N6O7. The summed E-state index contributed by atoms with van der Waals surface area (Å²) >= 11 is 0. The Hall–Kier alpha value is -4.91. The number of phenolic OH excluding ortho intramolecular Hbond substituents is 1. The molecule has 3 atom stereocenters. The van der Waals surface area contributed by atoms with Crippen molar-refractivity contribution >= 4 is 40.5 Å². The molecule has 3 rings (SSSR count). The molecule has 0 aliphatic carbocycles. The lowest BCUT2D eigenvalue weighted by atomic mass is 10.0. The van der Waals surface area contributed by atoms with Gasteiger partial charge in [-0.2, -0.15) is 0 Å². The Balaban J connectivity index is 1.86. The fourth-order valence-corrected chi connectivity index (χ4v) is 4.15. The van der Waals surface area contributed by atoms with E-state index in [0.717, 1.165) is 16.5 Å². The average molecular weight is 553 g/mol. The van der Waals surface area contributed by atoms with Gasteiger partial charge in [-0.15, -0.1) is 0 Å². The van der Waals surface area contributed by atoms with Crippen molar-refractivity contribution < 1.29 is 34.2 Å². The van der Waals surface area contributed by atoms with Crippen molar-refractivity contribution in [1.82, 2.24) is 20.9 Å². The topological polar surface area (TPSA) is 230 Å². The third-order valence-corrected chi connectivity index (χ3v) is 6.24. The molecular weight excluding hydrogens is 520 g/mol. The third kappa shape index (κ3) is 8.30. The van der Waals surface area contributed by atoms with E-state index in [1.807, 2.05) is 24.3 Å². The molecule has 0 radical (unpaired) electrons. The molecule has 40 heavy (non-hydrogen) atoms. The number of rotatable bonds is 14. The number of para-hydroxylation sites is 1. The summed E-state index contributed by atoms with van der Waals surface area (Å²) in [6.45, 7) is -0.366. The Morgan fingerprint density at radius 1 is 0.850 bits per heavy atom. The van der Waals surface area contributed by atoms with Crippen LogP contribution < -0.4 is 27.4 Å². The maximum atomic E-state index is 13.5. The number of phenols is 1. The zero-order valence-electron chi connectivity index (χ0n) is 21.6. The van der Waals surface area contributed by atoms with Gasteiger partial charge in [-0.25, -0.2) is 4.79 Å². The molecule has 13 heteroatoms. The summed E-state index contributed by atoms with van der Waals surface area (Å²) < 4.78 is 0. The van der Waals surface area contributed by atoms with Crippen LogP contribution in [0.15, 0.2) is 54.7 Å². The summed E-state index contributed by atoms with van der Waals surface area (Å²) in [6, 6.07) is 9.49. The predicted molar refractivity (Wildman–Crippen MR) is 145 cm³/mol. The standard InChI is InChI=1S/C27H32N6O7/c28-13-24(36)31-22(12-16-14-30-19-4-2-1-3-18(16)19)26(38)33-21(11-15-5-7-17(34)8-6-15)25(37)32-20(27(39)40)9-10-23(29)35/h1-8,14,20-22,30,34H,9-13,28H2,(H2,29,35)(H,31,36)(H,32,37)(H,33,38)(H,39,40). The molecule has 3 aromatic rings. The lowest BCUT2D eigenvalue weighted by molar-refractivity contribution is -0.142. The first-order valence-corrected chi connectivity index (χ1v) is 12.5. The highest BCUT2D eigenvalue weighted by Gasteiger charge is 2.30. The average Bonchev–Trinajstić information content (AvgIpc) is 3.33. The number of fused-ring (bicyclic) bond motifs is 1. The number of primary amides is 1. The van der Waals surface area contributed by atoms with E-state index in [2.05, 4.69) is 20.9 Å². The van der Waals surface area contributed by atoms with Crippen molar-refractivity contribution in [3.63, 3.8) is 0 Å². The van der Waals surface area contributed by atoms with Gasteiger partial charge in [-0.3, -0.25) is 19.2 Å². The van der Waals surface area contributed by atoms with Crippen molar-refractivity contribution in [3.8, 4) is 5.75 Å². The first-order valence-electron chi connectivity index (χ1n) is 12.5. The van der Waals surface area contributed by atoms with Gasteiger partial charge in [-0.1, -0.05) is 30.3 Å². The van der Waals surface area contributed by atoms with E-state index in [4.69, 9.17) is 11.5 Å². The molecule has 212 valence electrons. The van der Waals surface area contributed by atoms with Crippen LogP contribution >= 0.6 is 0 Å². The van der Waals surface area contributed by atoms with Crippen LogP contribution in [0.3, 0.4) is 0 Å². The van der Waals surface area contributed by atoms with E-state index in [0.29, 0.717) is 5.56 Å². The Bertz CT molecular complexity index is 1370. The number of aliphatic carboxylic acids is 1. The number of nitrogens with two attached hydrogens (primary N) is 2. The number of carboxylic acid groups (broad SMARTS) is 1. The molecule has 4 amide bonds. The number of aromatic nitrogens is 1. The number of H-pyrrole nitrogens is 1. The molecule has 1 aromatic heterocycles. The molecule has 0 saturated carbocycles. The maximum Gasteiger partial charge on any atom is 0.326 e. The van der Waals surface area contributed by atoms with Crippen LogP contribution in [0.25, 0.3) is 10.9 Å². The highest BCUT2D eigenvalue weighted by molar-refractivity contribution is 5.94. The van der Waals surface area contributed by atoms with Crippen LogP contribution in [0.4, 0.5) is 0 Å². The zero-order valence-corrected chi connectivity index (χ0v) is 21.6. The molecule has 10 N–H and O–H groups in total. The summed E-state index contributed by atoms with van der Waals surface area (Å²) in [4.78, 5) is 64.8. The van der Waals surface area contributed by atoms with Crippen LogP contribution in [-0.2, 0) is 36.8 Å². The van der Waals surface area contributed by atoms with Gasteiger partial charge in [0.25, 0.3) is 0 Å². The van der Waals surface area contributed by atoms with E-state index < -0.39 is 47.7 Å². The number of carbonyl (C=O) groups excluding carboxylic acids is 4. The van der Waals surface area contributed by atoms with Gasteiger partial charge < -0.3 is 42.6 Å². The number of aromatic hydroxyl groups is 1. The van der Waals surface area contributed by atoms with Crippen LogP contribution in [0, 0.1) is 0 Å². The summed E-state index contributed by atoms with van der Waals surface area (Å²) in [7, 11) is 0. The second-order valence-electron chi connectivity index (χ2n) is 9.22. The third-order valence-electron chi connectivity index (χ3n) is 6.24. The second kappa shape index (κ2) is 13.8. The number of carbonyl (C=O) groups is 5. The number of hydrogen-bond acceptors (Lipinski definition) is 7. The van der Waals surface area contributed by atoms with Crippen molar-refractivity contribution in [2.75, 3.05) is 6.54 Å². The monoisotopic (exact) mass is 552 g/mol. The minimum atomic E-state index is -1.43. The molecule has 0 aliphatic heterocycles. The summed E-state index contributed by atoms with van der Waals surface area (Å²) in [5.74, 6) is -4.22. The molecule has 0 saturated heterocycles. The fraction of sp³-hybridized carbons (Fsp3) is 0.296. The van der Waals surface area contributed by atoms with E-state index in [-0.39, 0.29) is 38.0 Å². The van der Waals surface area contributed by atoms with Gasteiger partial charge in [-0.05, 0) is 35.7 Å². The van der Waals surface area contributed by atoms with E-state index in [1.165, 1.54) is 12.1 Å². The second-order valence-corrected chi connectivity index (χ2v) is 9.22. The fourth-order valence-electron chi connectivity index (χ4n) is 4.15. The first kappa shape index (κ1) is 29.6. The molecule has 13 nitrogen and oxygen atoms in total. The SMILES string of the molecule is NCC(=O)NC(Cc1c[nH]c2ccccc12)C(=O)NC(Cc1ccc(O)cc1)C(=O)NC(CCC(N)=O)C(=O)O. The molecule has 0 bridgehead atoms. The lowest BCUT2D eigenvalue weighted by Gasteiger charge is -2.24. The van der Waals surface area contributed by atoms with Gasteiger partial charge in [0.15, 0.2) is 0 Å². The van der Waals surface area contributed by atoms with E-state index in [1.54, 1.807) is 18.3 Å². The number of benzene rings is 2. The van der Waals surface area contributed by atoms with Gasteiger partial charge in [0, 0.05) is 36.4 Å². The highest BCUT2D eigenvalue weighted by atomic mass is 16.4. The smallest absolute Gasteiger partial charge is 0.326 e. The molecule has 3 unspecified atom stereocenters. The van der Waals surface area contributed by atoms with Gasteiger partial charge >= 0.3 is 5.97 Å². The Kier molecular flexibility index (Phi) is 10.2. The van der Waals surface area contributed by atoms with Crippen LogP contribution in [0.5, 0.6) is 5.75 Å². The molecule has 0 fully saturated rings. The molecule has 2 aromatic carbocycles.